The van der Waals surface area contributed by atoms with E-state index >= 15 is 0 Å². The van der Waals surface area contributed by atoms with Crippen molar-refractivity contribution < 1.29 is 9.72 Å². The van der Waals surface area contributed by atoms with Gasteiger partial charge in [0.15, 0.2) is 0 Å². The van der Waals surface area contributed by atoms with E-state index < -0.39 is 4.92 Å². The highest BCUT2D eigenvalue weighted by Gasteiger charge is 2.16. The van der Waals surface area contributed by atoms with E-state index in [9.17, 15) is 14.9 Å². The van der Waals surface area contributed by atoms with Gasteiger partial charge in [0.1, 0.15) is 12.0 Å². The number of carbonyl (C=O) groups is 1. The molecule has 0 aromatic heterocycles. The first-order chi connectivity index (χ1) is 8.62. The molecule has 0 aliphatic carbocycles. The van der Waals surface area contributed by atoms with Gasteiger partial charge in [-0.3, -0.25) is 14.9 Å². The van der Waals surface area contributed by atoms with Crippen LogP contribution < -0.4 is 5.32 Å². The van der Waals surface area contributed by atoms with Gasteiger partial charge in [-0.05, 0) is 18.6 Å². The maximum atomic E-state index is 10.9. The summed E-state index contributed by atoms with van der Waals surface area (Å²) in [5.41, 5.74) is 0.456. The number of carbonyl (C=O) groups excluding carboxylic acids is 1. The van der Waals surface area contributed by atoms with Gasteiger partial charge in [-0.15, -0.1) is 6.42 Å². The molecule has 0 aliphatic rings. The van der Waals surface area contributed by atoms with E-state index in [1.54, 1.807) is 0 Å². The van der Waals surface area contributed by atoms with Crippen molar-refractivity contribution in [3.63, 3.8) is 0 Å². The zero-order valence-corrected chi connectivity index (χ0v) is 10.1. The Morgan fingerprint density at radius 1 is 1.61 bits per heavy atom. The number of nitrogens with zero attached hydrogens (tertiary/aromatic N) is 1. The van der Waals surface area contributed by atoms with E-state index in [4.69, 9.17) is 6.42 Å². The van der Waals surface area contributed by atoms with Gasteiger partial charge in [-0.1, -0.05) is 19.3 Å². The highest BCUT2D eigenvalue weighted by Crippen LogP contribution is 2.26. The standard InChI is InChI=1S/C13H14N2O3/c1-3-5-11(4-2)14-12-7-6-10(9-16)8-13(12)15(17)18/h2,6-9,11,14H,3,5H2,1H3. The van der Waals surface area contributed by atoms with E-state index in [2.05, 4.69) is 11.2 Å². The molecule has 18 heavy (non-hydrogen) atoms. The number of aldehydes is 1. The number of hydrogen-bond donors (Lipinski definition) is 1. The summed E-state index contributed by atoms with van der Waals surface area (Å²) >= 11 is 0. The summed E-state index contributed by atoms with van der Waals surface area (Å²) in [5, 5.41) is 13.9. The zero-order chi connectivity index (χ0) is 13.5. The minimum absolute atomic E-state index is 0.143. The summed E-state index contributed by atoms with van der Waals surface area (Å²) in [6.45, 7) is 1.98. The number of terminal acetylenes is 1. The van der Waals surface area contributed by atoms with Crippen molar-refractivity contribution in [2.45, 2.75) is 25.8 Å². The van der Waals surface area contributed by atoms with Crippen molar-refractivity contribution in [1.82, 2.24) is 0 Å². The molecule has 0 radical (unpaired) electrons. The van der Waals surface area contributed by atoms with E-state index in [1.165, 1.54) is 18.2 Å². The zero-order valence-electron chi connectivity index (χ0n) is 10.1. The van der Waals surface area contributed by atoms with Gasteiger partial charge < -0.3 is 5.32 Å². The van der Waals surface area contributed by atoms with Crippen LogP contribution in [0.15, 0.2) is 18.2 Å². The van der Waals surface area contributed by atoms with Crippen molar-refractivity contribution in [2.24, 2.45) is 0 Å². The van der Waals surface area contributed by atoms with Crippen LogP contribution in [-0.4, -0.2) is 17.3 Å². The summed E-state index contributed by atoms with van der Waals surface area (Å²) in [4.78, 5) is 21.0. The third kappa shape index (κ3) is 3.32. The fourth-order valence-corrected chi connectivity index (χ4v) is 1.57. The number of rotatable bonds is 6. The van der Waals surface area contributed by atoms with E-state index in [1.807, 2.05) is 6.92 Å². The number of nitro groups is 1. The Labute approximate surface area is 105 Å². The molecule has 0 saturated carbocycles. The van der Waals surface area contributed by atoms with Gasteiger partial charge in [0.25, 0.3) is 5.69 Å². The normalized spacial score (nSPS) is 11.3. The molecule has 1 atom stereocenters. The molecule has 1 unspecified atom stereocenters. The average molecular weight is 246 g/mol. The van der Waals surface area contributed by atoms with Crippen molar-refractivity contribution in [1.29, 1.82) is 0 Å². The molecule has 1 rings (SSSR count). The van der Waals surface area contributed by atoms with Gasteiger partial charge in [0, 0.05) is 11.6 Å². The van der Waals surface area contributed by atoms with Gasteiger partial charge in [0.2, 0.25) is 0 Å². The molecular formula is C13H14N2O3. The van der Waals surface area contributed by atoms with Crippen LogP contribution in [0.25, 0.3) is 0 Å². The van der Waals surface area contributed by atoms with Crippen LogP contribution in [0.1, 0.15) is 30.1 Å². The Kier molecular flexibility index (Phi) is 4.88. The van der Waals surface area contributed by atoms with E-state index in [0.29, 0.717) is 12.0 Å². The molecule has 0 amide bonds. The number of benzene rings is 1. The lowest BCUT2D eigenvalue weighted by Gasteiger charge is -2.13. The predicted molar refractivity (Wildman–Crippen MR) is 69.6 cm³/mol. The van der Waals surface area contributed by atoms with Crippen LogP contribution in [0.2, 0.25) is 0 Å². The summed E-state index contributed by atoms with van der Waals surface area (Å²) in [6, 6.07) is 3.99. The second-order valence-corrected chi connectivity index (χ2v) is 3.80. The Balaban J connectivity index is 3.04. The van der Waals surface area contributed by atoms with Crippen LogP contribution in [0.3, 0.4) is 0 Å². The number of hydrogen-bond acceptors (Lipinski definition) is 4. The Morgan fingerprint density at radius 2 is 2.33 bits per heavy atom. The average Bonchev–Trinajstić information content (AvgIpc) is 2.38. The smallest absolute Gasteiger partial charge is 0.293 e. The lowest BCUT2D eigenvalue weighted by atomic mass is 10.1. The number of nitro benzene ring substituents is 1. The highest BCUT2D eigenvalue weighted by molar-refractivity contribution is 5.79. The topological polar surface area (TPSA) is 72.2 Å². The Morgan fingerprint density at radius 3 is 2.83 bits per heavy atom. The maximum absolute atomic E-state index is 10.9. The first-order valence-corrected chi connectivity index (χ1v) is 5.58. The lowest BCUT2D eigenvalue weighted by Crippen LogP contribution is -2.17. The predicted octanol–water partition coefficient (Wildman–Crippen LogP) is 2.62. The summed E-state index contributed by atoms with van der Waals surface area (Å²) < 4.78 is 0. The molecule has 5 nitrogen and oxygen atoms in total. The molecule has 0 bridgehead atoms. The third-order valence-corrected chi connectivity index (χ3v) is 2.46. The number of nitrogens with one attached hydrogen (secondary N) is 1. The van der Waals surface area contributed by atoms with Crippen LogP contribution in [0.4, 0.5) is 11.4 Å². The van der Waals surface area contributed by atoms with Crippen LogP contribution in [0.5, 0.6) is 0 Å². The van der Waals surface area contributed by atoms with Crippen LogP contribution >= 0.6 is 0 Å². The van der Waals surface area contributed by atoms with E-state index in [0.717, 1.165) is 12.8 Å². The molecule has 1 N–H and O–H groups in total. The van der Waals surface area contributed by atoms with Crippen molar-refractivity contribution in [3.8, 4) is 12.3 Å². The van der Waals surface area contributed by atoms with Gasteiger partial charge in [-0.2, -0.15) is 0 Å². The third-order valence-electron chi connectivity index (χ3n) is 2.46. The second-order valence-electron chi connectivity index (χ2n) is 3.80. The van der Waals surface area contributed by atoms with E-state index in [-0.39, 0.29) is 17.3 Å². The molecule has 0 aliphatic heterocycles. The minimum atomic E-state index is -0.533. The largest absolute Gasteiger partial charge is 0.366 e. The molecule has 1 aromatic rings. The van der Waals surface area contributed by atoms with Crippen molar-refractivity contribution in [3.05, 3.63) is 33.9 Å². The lowest BCUT2D eigenvalue weighted by molar-refractivity contribution is -0.384. The molecule has 5 heteroatoms. The van der Waals surface area contributed by atoms with Gasteiger partial charge >= 0.3 is 0 Å². The molecular weight excluding hydrogens is 232 g/mol. The maximum Gasteiger partial charge on any atom is 0.293 e. The first kappa shape index (κ1) is 13.7. The van der Waals surface area contributed by atoms with Crippen molar-refractivity contribution >= 4 is 17.7 Å². The van der Waals surface area contributed by atoms with Gasteiger partial charge in [-0.25, -0.2) is 0 Å². The van der Waals surface area contributed by atoms with Crippen molar-refractivity contribution in [2.75, 3.05) is 5.32 Å². The Bertz CT molecular complexity index is 491. The Hall–Kier alpha value is -2.35. The summed E-state index contributed by atoms with van der Waals surface area (Å²) in [7, 11) is 0. The van der Waals surface area contributed by atoms with Crippen LogP contribution in [0, 0.1) is 22.5 Å². The quantitative estimate of drug-likeness (QED) is 0.362. The fraction of sp³-hybridized carbons (Fsp3) is 0.308. The summed E-state index contributed by atoms with van der Waals surface area (Å²) in [6.07, 6.45) is 7.52. The monoisotopic (exact) mass is 246 g/mol. The first-order valence-electron chi connectivity index (χ1n) is 5.58. The molecule has 0 heterocycles. The second kappa shape index (κ2) is 6.40. The molecule has 1 aromatic carbocycles. The summed E-state index contributed by atoms with van der Waals surface area (Å²) in [5.74, 6) is 2.54. The molecule has 0 fully saturated rings. The molecule has 94 valence electrons. The number of anilines is 1. The molecule has 0 spiro atoms. The molecule has 0 saturated heterocycles. The van der Waals surface area contributed by atoms with Crippen LogP contribution in [-0.2, 0) is 0 Å². The highest BCUT2D eigenvalue weighted by atomic mass is 16.6. The SMILES string of the molecule is C#CC(CCC)Nc1ccc(C=O)cc1[N+](=O)[O-]. The fourth-order valence-electron chi connectivity index (χ4n) is 1.57. The van der Waals surface area contributed by atoms with Gasteiger partial charge in [0.05, 0.1) is 11.0 Å². The minimum Gasteiger partial charge on any atom is -0.366 e.